The van der Waals surface area contributed by atoms with Gasteiger partial charge in [-0.2, -0.15) is 9.78 Å². The number of hydrogen-bond donors (Lipinski definition) is 1. The maximum absolute atomic E-state index is 13.4. The molecule has 5 rings (SSSR count). The molecule has 4 aromatic carbocycles. The zero-order valence-corrected chi connectivity index (χ0v) is 22.8. The first-order chi connectivity index (χ1) is 20.3. The number of amides is 1. The van der Waals surface area contributed by atoms with Gasteiger partial charge in [-0.3, -0.25) is 19.7 Å². The Balaban J connectivity index is 1.48. The normalized spacial score (nSPS) is 11.0. The third-order valence-corrected chi connectivity index (χ3v) is 6.31. The van der Waals surface area contributed by atoms with Gasteiger partial charge >= 0.3 is 5.69 Å². The summed E-state index contributed by atoms with van der Waals surface area (Å²) in [5, 5.41) is 19.8. The number of nitro groups is 1. The van der Waals surface area contributed by atoms with Crippen molar-refractivity contribution < 1.29 is 19.2 Å². The minimum Gasteiger partial charge on any atom is -0.493 e. The first kappa shape index (κ1) is 28.0. The van der Waals surface area contributed by atoms with Crippen molar-refractivity contribution in [2.24, 2.45) is 5.10 Å². The number of carbonyl (C=O) groups is 1. The fourth-order valence-electron chi connectivity index (χ4n) is 4.11. The summed E-state index contributed by atoms with van der Waals surface area (Å²) in [5.74, 6) is -0.489. The maximum atomic E-state index is 13.4. The molecule has 0 fully saturated rings. The fraction of sp³-hybridized carbons (Fsp3) is 0.0667. The smallest absolute Gasteiger partial charge is 0.315 e. The first-order valence-electron chi connectivity index (χ1n) is 12.5. The van der Waals surface area contributed by atoms with Gasteiger partial charge in [-0.15, -0.1) is 0 Å². The zero-order valence-electron chi connectivity index (χ0n) is 22.1. The second kappa shape index (κ2) is 12.3. The van der Waals surface area contributed by atoms with Gasteiger partial charge in [0.1, 0.15) is 0 Å². The van der Waals surface area contributed by atoms with Crippen molar-refractivity contribution in [3.8, 4) is 22.9 Å². The number of para-hydroxylation sites is 1. The molecule has 0 radical (unpaired) electrons. The maximum Gasteiger partial charge on any atom is 0.315 e. The molecular weight excluding hydrogens is 562 g/mol. The number of aromatic nitrogens is 2. The van der Waals surface area contributed by atoms with Gasteiger partial charge in [0.15, 0.2) is 18.2 Å². The van der Waals surface area contributed by atoms with Crippen LogP contribution >= 0.6 is 11.6 Å². The van der Waals surface area contributed by atoms with E-state index in [1.165, 1.54) is 25.5 Å². The van der Waals surface area contributed by atoms with Crippen LogP contribution in [-0.2, 0) is 4.79 Å². The van der Waals surface area contributed by atoms with Gasteiger partial charge in [0.2, 0.25) is 5.75 Å². The fourth-order valence-corrected chi connectivity index (χ4v) is 4.24. The minimum absolute atomic E-state index is 0.00258. The molecule has 0 bridgehead atoms. The van der Waals surface area contributed by atoms with Gasteiger partial charge in [-0.25, -0.2) is 4.98 Å². The molecule has 1 aromatic heterocycles. The summed E-state index contributed by atoms with van der Waals surface area (Å²) in [6, 6.07) is 25.0. The van der Waals surface area contributed by atoms with Gasteiger partial charge in [-0.1, -0.05) is 54.1 Å². The van der Waals surface area contributed by atoms with Crippen LogP contribution in [0.15, 0.2) is 101 Å². The predicted molar refractivity (Wildman–Crippen MR) is 160 cm³/mol. The van der Waals surface area contributed by atoms with E-state index in [1.807, 2.05) is 18.2 Å². The second-order valence-corrected chi connectivity index (χ2v) is 9.29. The number of anilines is 1. The lowest BCUT2D eigenvalue weighted by molar-refractivity contribution is -0.385. The van der Waals surface area contributed by atoms with Crippen LogP contribution in [0.25, 0.3) is 22.3 Å². The summed E-state index contributed by atoms with van der Waals surface area (Å²) < 4.78 is 12.0. The number of methoxy groups -OCH3 is 1. The van der Waals surface area contributed by atoms with Crippen LogP contribution in [-0.4, -0.2) is 40.4 Å². The number of rotatable bonds is 9. The van der Waals surface area contributed by atoms with Crippen molar-refractivity contribution in [1.82, 2.24) is 9.66 Å². The average molecular weight is 584 g/mol. The molecule has 5 aromatic rings. The van der Waals surface area contributed by atoms with Gasteiger partial charge in [0, 0.05) is 27.9 Å². The highest BCUT2D eigenvalue weighted by Gasteiger charge is 2.23. The van der Waals surface area contributed by atoms with Crippen LogP contribution in [0.5, 0.6) is 11.5 Å². The Morgan fingerprint density at radius 2 is 1.79 bits per heavy atom. The van der Waals surface area contributed by atoms with E-state index in [2.05, 4.69) is 15.4 Å². The van der Waals surface area contributed by atoms with E-state index in [9.17, 15) is 19.7 Å². The predicted octanol–water partition coefficient (Wildman–Crippen LogP) is 5.53. The number of nitrogens with one attached hydrogen (secondary N) is 1. The standard InChI is InChI=1S/C30H22ClN5O6/c1-41-26-16-19(15-25(36(39)40)28(26)42-18-27(37)33-22-13-11-21(31)12-14-22)17-32-35-29(20-7-3-2-4-8-20)34-24-10-6-5-9-23(24)30(35)38/h2-17H,18H2,1H3,(H,33,37). The first-order valence-corrected chi connectivity index (χ1v) is 12.9. The Hall–Kier alpha value is -5.55. The van der Waals surface area contributed by atoms with Crippen LogP contribution in [0.1, 0.15) is 5.56 Å². The lowest BCUT2D eigenvalue weighted by Crippen LogP contribution is -2.21. The Kier molecular flexibility index (Phi) is 8.21. The van der Waals surface area contributed by atoms with Crippen LogP contribution in [0.2, 0.25) is 5.02 Å². The number of nitrogens with zero attached hydrogens (tertiary/aromatic N) is 4. The summed E-state index contributed by atoms with van der Waals surface area (Å²) in [6.07, 6.45) is 1.29. The van der Waals surface area contributed by atoms with Crippen molar-refractivity contribution >= 4 is 46.0 Å². The monoisotopic (exact) mass is 583 g/mol. The molecule has 11 nitrogen and oxygen atoms in total. The molecule has 210 valence electrons. The Bertz CT molecular complexity index is 1870. The van der Waals surface area contributed by atoms with Crippen LogP contribution in [0, 0.1) is 10.1 Å². The quantitative estimate of drug-likeness (QED) is 0.137. The summed E-state index contributed by atoms with van der Waals surface area (Å²) in [4.78, 5) is 41.8. The number of fused-ring (bicyclic) bond motifs is 1. The Morgan fingerprint density at radius 3 is 2.50 bits per heavy atom. The number of hydrogen-bond acceptors (Lipinski definition) is 8. The SMILES string of the molecule is COc1cc(C=Nn2c(-c3ccccc3)nc3ccccc3c2=O)cc([N+](=O)[O-])c1OCC(=O)Nc1ccc(Cl)cc1. The van der Waals surface area contributed by atoms with E-state index >= 15 is 0 Å². The highest BCUT2D eigenvalue weighted by molar-refractivity contribution is 6.30. The number of benzene rings is 4. The topological polar surface area (TPSA) is 138 Å². The molecule has 0 atom stereocenters. The largest absolute Gasteiger partial charge is 0.493 e. The van der Waals surface area contributed by atoms with Gasteiger partial charge in [-0.05, 0) is 42.5 Å². The third-order valence-electron chi connectivity index (χ3n) is 6.06. The van der Waals surface area contributed by atoms with E-state index in [4.69, 9.17) is 21.1 Å². The zero-order chi connectivity index (χ0) is 29.6. The molecule has 0 saturated heterocycles. The molecule has 1 N–H and O–H groups in total. The molecule has 0 unspecified atom stereocenters. The van der Waals surface area contributed by atoms with Crippen molar-refractivity contribution in [1.29, 1.82) is 0 Å². The molecule has 42 heavy (non-hydrogen) atoms. The highest BCUT2D eigenvalue weighted by Crippen LogP contribution is 2.38. The van der Waals surface area contributed by atoms with Crippen LogP contribution in [0.3, 0.4) is 0 Å². The van der Waals surface area contributed by atoms with E-state index in [0.717, 1.165) is 4.68 Å². The molecule has 12 heteroatoms. The average Bonchev–Trinajstić information content (AvgIpc) is 3.00. The van der Waals surface area contributed by atoms with Crippen molar-refractivity contribution in [2.45, 2.75) is 0 Å². The van der Waals surface area contributed by atoms with Gasteiger partial charge < -0.3 is 14.8 Å². The van der Waals surface area contributed by atoms with E-state index in [-0.39, 0.29) is 17.1 Å². The molecule has 1 amide bonds. The third kappa shape index (κ3) is 6.11. The van der Waals surface area contributed by atoms with E-state index < -0.39 is 28.7 Å². The van der Waals surface area contributed by atoms with Crippen molar-refractivity contribution in [3.05, 3.63) is 122 Å². The summed E-state index contributed by atoms with van der Waals surface area (Å²) in [7, 11) is 1.31. The molecule has 0 aliphatic rings. The lowest BCUT2D eigenvalue weighted by atomic mass is 10.2. The molecule has 0 aliphatic heterocycles. The lowest BCUT2D eigenvalue weighted by Gasteiger charge is -2.12. The molecule has 0 spiro atoms. The van der Waals surface area contributed by atoms with Crippen LogP contribution < -0.4 is 20.3 Å². The van der Waals surface area contributed by atoms with Crippen molar-refractivity contribution in [3.63, 3.8) is 0 Å². The minimum atomic E-state index is -0.661. The van der Waals surface area contributed by atoms with E-state index in [1.54, 1.807) is 60.7 Å². The second-order valence-electron chi connectivity index (χ2n) is 8.85. The summed E-state index contributed by atoms with van der Waals surface area (Å²) in [5.41, 5.74) is 1.02. The van der Waals surface area contributed by atoms with Crippen molar-refractivity contribution in [2.75, 3.05) is 19.0 Å². The number of halogens is 1. The molecular formula is C30H22ClN5O6. The number of nitro benzene ring substituents is 1. The molecule has 0 aliphatic carbocycles. The van der Waals surface area contributed by atoms with Gasteiger partial charge in [0.25, 0.3) is 11.5 Å². The Labute approximate surface area is 243 Å². The highest BCUT2D eigenvalue weighted by atomic mass is 35.5. The van der Waals surface area contributed by atoms with Gasteiger partial charge in [0.05, 0.1) is 29.2 Å². The molecule has 0 saturated carbocycles. The Morgan fingerprint density at radius 1 is 1.07 bits per heavy atom. The number of ether oxygens (including phenoxy) is 2. The summed E-state index contributed by atoms with van der Waals surface area (Å²) >= 11 is 5.86. The molecule has 1 heterocycles. The van der Waals surface area contributed by atoms with Crippen LogP contribution in [0.4, 0.5) is 11.4 Å². The van der Waals surface area contributed by atoms with E-state index in [0.29, 0.717) is 33.0 Å². The number of carbonyl (C=O) groups excluding carboxylic acids is 1. The summed E-state index contributed by atoms with van der Waals surface area (Å²) in [6.45, 7) is -0.522.